The lowest BCUT2D eigenvalue weighted by Gasteiger charge is -2.10. The molecule has 0 bridgehead atoms. The molecule has 1 N–H and O–H groups in total. The Bertz CT molecular complexity index is 1060. The topological polar surface area (TPSA) is 52.9 Å². The molecule has 1 amide bonds. The van der Waals surface area contributed by atoms with Gasteiger partial charge in [0.2, 0.25) is 0 Å². The van der Waals surface area contributed by atoms with E-state index in [0.717, 1.165) is 32.1 Å². The SMILES string of the molecule is Cc1cccc(C)c1NC(=O)/C(C#N)=C/c1ccc(-c2ccccc2Cl)s1. The highest BCUT2D eigenvalue weighted by Gasteiger charge is 2.13. The van der Waals surface area contributed by atoms with E-state index in [1.54, 1.807) is 6.08 Å². The van der Waals surface area contributed by atoms with Gasteiger partial charge >= 0.3 is 0 Å². The van der Waals surface area contributed by atoms with E-state index in [0.29, 0.717) is 5.02 Å². The van der Waals surface area contributed by atoms with Crippen LogP contribution in [0.25, 0.3) is 16.5 Å². The Hall–Kier alpha value is -2.87. The second-order valence-electron chi connectivity index (χ2n) is 6.07. The van der Waals surface area contributed by atoms with E-state index in [2.05, 4.69) is 5.32 Å². The van der Waals surface area contributed by atoms with Gasteiger partial charge in [0.15, 0.2) is 0 Å². The van der Waals surface area contributed by atoms with Crippen LogP contribution in [0.1, 0.15) is 16.0 Å². The summed E-state index contributed by atoms with van der Waals surface area (Å²) in [6.07, 6.45) is 1.61. The summed E-state index contributed by atoms with van der Waals surface area (Å²) in [5, 5.41) is 13.0. The van der Waals surface area contributed by atoms with Crippen molar-refractivity contribution >= 4 is 40.6 Å². The van der Waals surface area contributed by atoms with Crippen LogP contribution in [0.5, 0.6) is 0 Å². The third-order valence-corrected chi connectivity index (χ3v) is 5.53. The minimum Gasteiger partial charge on any atom is -0.321 e. The lowest BCUT2D eigenvalue weighted by atomic mass is 10.1. The number of carbonyl (C=O) groups excluding carboxylic acids is 1. The van der Waals surface area contributed by atoms with Crippen molar-refractivity contribution in [1.29, 1.82) is 5.26 Å². The van der Waals surface area contributed by atoms with Gasteiger partial charge in [-0.2, -0.15) is 5.26 Å². The van der Waals surface area contributed by atoms with Crippen molar-refractivity contribution in [3.8, 4) is 16.5 Å². The molecule has 0 saturated carbocycles. The molecule has 0 aliphatic rings. The first-order valence-electron chi connectivity index (χ1n) is 8.33. The number of hydrogen-bond donors (Lipinski definition) is 1. The second-order valence-corrected chi connectivity index (χ2v) is 7.60. The van der Waals surface area contributed by atoms with E-state index < -0.39 is 5.91 Å². The first kappa shape index (κ1) is 18.9. The van der Waals surface area contributed by atoms with E-state index in [-0.39, 0.29) is 5.57 Å². The molecule has 1 aromatic heterocycles. The number of aryl methyl sites for hydroxylation is 2. The number of hydrogen-bond acceptors (Lipinski definition) is 3. The quantitative estimate of drug-likeness (QED) is 0.422. The van der Waals surface area contributed by atoms with Gasteiger partial charge in [-0.3, -0.25) is 4.79 Å². The fraction of sp³-hybridized carbons (Fsp3) is 0.0909. The third-order valence-electron chi connectivity index (χ3n) is 4.14. The molecule has 3 rings (SSSR count). The number of nitrogens with zero attached hydrogens (tertiary/aromatic N) is 1. The molecule has 2 aromatic carbocycles. The number of carbonyl (C=O) groups is 1. The summed E-state index contributed by atoms with van der Waals surface area (Å²) in [7, 11) is 0. The van der Waals surface area contributed by atoms with Crippen LogP contribution >= 0.6 is 22.9 Å². The van der Waals surface area contributed by atoms with Gasteiger partial charge in [-0.1, -0.05) is 48.0 Å². The lowest BCUT2D eigenvalue weighted by molar-refractivity contribution is -0.112. The highest BCUT2D eigenvalue weighted by molar-refractivity contribution is 7.16. The van der Waals surface area contributed by atoms with Gasteiger partial charge in [0.05, 0.1) is 0 Å². The van der Waals surface area contributed by atoms with E-state index in [9.17, 15) is 10.1 Å². The maximum Gasteiger partial charge on any atom is 0.266 e. The van der Waals surface area contributed by atoms with Crippen LogP contribution in [0.3, 0.4) is 0 Å². The molecular weight excluding hydrogens is 376 g/mol. The number of nitrogens with one attached hydrogen (secondary N) is 1. The number of para-hydroxylation sites is 1. The average Bonchev–Trinajstić information content (AvgIpc) is 3.11. The fourth-order valence-electron chi connectivity index (χ4n) is 2.72. The minimum atomic E-state index is -0.414. The van der Waals surface area contributed by atoms with Crippen molar-refractivity contribution < 1.29 is 4.79 Å². The summed E-state index contributed by atoms with van der Waals surface area (Å²) in [5.41, 5.74) is 3.65. The van der Waals surface area contributed by atoms with E-state index in [1.807, 2.05) is 74.5 Å². The van der Waals surface area contributed by atoms with Gasteiger partial charge in [-0.25, -0.2) is 0 Å². The first-order chi connectivity index (χ1) is 13.0. The Morgan fingerprint density at radius 2 is 1.78 bits per heavy atom. The molecule has 0 spiro atoms. The minimum absolute atomic E-state index is 0.0604. The molecule has 0 atom stereocenters. The molecule has 0 aliphatic carbocycles. The van der Waals surface area contributed by atoms with Crippen LogP contribution in [0.15, 0.2) is 60.2 Å². The number of nitriles is 1. The molecule has 0 fully saturated rings. The van der Waals surface area contributed by atoms with Gasteiger partial charge in [-0.15, -0.1) is 11.3 Å². The van der Waals surface area contributed by atoms with Crippen molar-refractivity contribution in [3.05, 3.63) is 81.2 Å². The molecule has 1 heterocycles. The third kappa shape index (κ3) is 4.28. The largest absolute Gasteiger partial charge is 0.321 e. The molecule has 5 heteroatoms. The Kier molecular flexibility index (Phi) is 5.75. The number of anilines is 1. The Balaban J connectivity index is 1.86. The zero-order valence-electron chi connectivity index (χ0n) is 14.9. The normalized spacial score (nSPS) is 11.1. The molecule has 134 valence electrons. The number of thiophene rings is 1. The van der Waals surface area contributed by atoms with E-state index >= 15 is 0 Å². The van der Waals surface area contributed by atoms with Crippen molar-refractivity contribution in [1.82, 2.24) is 0 Å². The van der Waals surface area contributed by atoms with Gasteiger partial charge < -0.3 is 5.32 Å². The second kappa shape index (κ2) is 8.22. The van der Waals surface area contributed by atoms with Crippen molar-refractivity contribution in [3.63, 3.8) is 0 Å². The fourth-order valence-corrected chi connectivity index (χ4v) is 4.00. The predicted octanol–water partition coefficient (Wildman–Crippen LogP) is 6.23. The number of amides is 1. The maximum absolute atomic E-state index is 12.6. The molecule has 3 nitrogen and oxygen atoms in total. The van der Waals surface area contributed by atoms with Crippen molar-refractivity contribution in [2.45, 2.75) is 13.8 Å². The maximum atomic E-state index is 12.6. The van der Waals surface area contributed by atoms with Crippen LogP contribution in [0, 0.1) is 25.2 Å². The predicted molar refractivity (Wildman–Crippen MR) is 113 cm³/mol. The highest BCUT2D eigenvalue weighted by Crippen LogP contribution is 2.34. The average molecular weight is 393 g/mol. The summed E-state index contributed by atoms with van der Waals surface area (Å²) >= 11 is 7.73. The zero-order chi connectivity index (χ0) is 19.4. The number of halogens is 1. The van der Waals surface area contributed by atoms with Crippen LogP contribution < -0.4 is 5.32 Å². The van der Waals surface area contributed by atoms with Crippen molar-refractivity contribution in [2.24, 2.45) is 0 Å². The summed E-state index contributed by atoms with van der Waals surface area (Å²) in [6, 6.07) is 19.2. The summed E-state index contributed by atoms with van der Waals surface area (Å²) in [6.45, 7) is 3.85. The number of rotatable bonds is 4. The first-order valence-corrected chi connectivity index (χ1v) is 9.53. The summed E-state index contributed by atoms with van der Waals surface area (Å²) in [4.78, 5) is 14.4. The molecule has 3 aromatic rings. The summed E-state index contributed by atoms with van der Waals surface area (Å²) < 4.78 is 0. The van der Waals surface area contributed by atoms with Gasteiger partial charge in [0, 0.05) is 26.0 Å². The molecule has 0 unspecified atom stereocenters. The molecular formula is C22H17ClN2OS. The molecule has 0 radical (unpaired) electrons. The molecule has 27 heavy (non-hydrogen) atoms. The van der Waals surface area contributed by atoms with Crippen LogP contribution in [-0.4, -0.2) is 5.91 Å². The zero-order valence-corrected chi connectivity index (χ0v) is 16.5. The van der Waals surface area contributed by atoms with E-state index in [4.69, 9.17) is 11.6 Å². The Morgan fingerprint density at radius 1 is 1.07 bits per heavy atom. The van der Waals surface area contributed by atoms with Crippen LogP contribution in [0.4, 0.5) is 5.69 Å². The van der Waals surface area contributed by atoms with Crippen molar-refractivity contribution in [2.75, 3.05) is 5.32 Å². The summed E-state index contributed by atoms with van der Waals surface area (Å²) in [5.74, 6) is -0.414. The smallest absolute Gasteiger partial charge is 0.266 e. The standard InChI is InChI=1S/C22H17ClN2OS/c1-14-6-5-7-15(2)21(14)25-22(26)16(13-24)12-17-10-11-20(27-17)18-8-3-4-9-19(18)23/h3-12H,1-2H3,(H,25,26)/b16-12+. The van der Waals surface area contributed by atoms with Gasteiger partial charge in [0.1, 0.15) is 11.6 Å². The van der Waals surface area contributed by atoms with Gasteiger partial charge in [-0.05, 0) is 49.2 Å². The lowest BCUT2D eigenvalue weighted by Crippen LogP contribution is -2.15. The van der Waals surface area contributed by atoms with Crippen LogP contribution in [-0.2, 0) is 4.79 Å². The van der Waals surface area contributed by atoms with Gasteiger partial charge in [0.25, 0.3) is 5.91 Å². The molecule has 0 saturated heterocycles. The highest BCUT2D eigenvalue weighted by atomic mass is 35.5. The van der Waals surface area contributed by atoms with Crippen LogP contribution in [0.2, 0.25) is 5.02 Å². The monoisotopic (exact) mass is 392 g/mol. The Labute approximate surface area is 167 Å². The van der Waals surface area contributed by atoms with E-state index in [1.165, 1.54) is 11.3 Å². The Morgan fingerprint density at radius 3 is 2.44 bits per heavy atom. The number of benzene rings is 2. The molecule has 0 aliphatic heterocycles.